The largest absolute Gasteiger partial charge is 0.284 e. The highest BCUT2D eigenvalue weighted by atomic mass is 19.1. The predicted octanol–water partition coefficient (Wildman–Crippen LogP) is 7.26. The summed E-state index contributed by atoms with van der Waals surface area (Å²) in [6, 6.07) is 13.1. The van der Waals surface area contributed by atoms with Crippen molar-refractivity contribution in [3.8, 4) is 5.69 Å². The topological polar surface area (TPSA) is 30.2 Å². The zero-order valence-corrected chi connectivity index (χ0v) is 19.3. The van der Waals surface area contributed by atoms with Gasteiger partial charge in [0.2, 0.25) is 0 Å². The van der Waals surface area contributed by atoms with Crippen molar-refractivity contribution in [3.63, 3.8) is 0 Å². The first-order valence-electron chi connectivity index (χ1n) is 11.3. The number of allylic oxidation sites excluding steroid dienone is 3. The number of hydrogen-bond donors (Lipinski definition) is 0. The van der Waals surface area contributed by atoms with Crippen molar-refractivity contribution in [3.05, 3.63) is 94.1 Å². The number of fused-ring (bicyclic) bond motifs is 1. The van der Waals surface area contributed by atoms with E-state index < -0.39 is 0 Å². The van der Waals surface area contributed by atoms with Crippen molar-refractivity contribution in [1.29, 1.82) is 0 Å². The van der Waals surface area contributed by atoms with Crippen molar-refractivity contribution in [2.24, 2.45) is 4.99 Å². The molecule has 4 heteroatoms. The number of nitrogens with zero attached hydrogens (tertiary/aromatic N) is 3. The van der Waals surface area contributed by atoms with Gasteiger partial charge in [-0.05, 0) is 69.0 Å². The lowest BCUT2D eigenvalue weighted by Crippen LogP contribution is -2.04. The first-order valence-corrected chi connectivity index (χ1v) is 11.3. The molecule has 3 nitrogen and oxygen atoms in total. The molecule has 0 atom stereocenters. The lowest BCUT2D eigenvalue weighted by Gasteiger charge is -2.11. The van der Waals surface area contributed by atoms with E-state index in [0.29, 0.717) is 6.54 Å². The number of aliphatic imine (C=N–C) groups is 1. The number of aryl methyl sites for hydroxylation is 2. The van der Waals surface area contributed by atoms with Crippen LogP contribution in [0.5, 0.6) is 0 Å². The highest BCUT2D eigenvalue weighted by molar-refractivity contribution is 6.24. The van der Waals surface area contributed by atoms with Gasteiger partial charge in [0.25, 0.3) is 0 Å². The number of benzene rings is 2. The van der Waals surface area contributed by atoms with Crippen LogP contribution in [0.3, 0.4) is 0 Å². The second kappa shape index (κ2) is 9.47. The van der Waals surface area contributed by atoms with Crippen LogP contribution >= 0.6 is 0 Å². The highest BCUT2D eigenvalue weighted by Gasteiger charge is 2.20. The number of aromatic nitrogens is 2. The van der Waals surface area contributed by atoms with Crippen molar-refractivity contribution in [2.45, 2.75) is 53.5 Å². The van der Waals surface area contributed by atoms with Crippen LogP contribution in [0.15, 0.2) is 65.3 Å². The van der Waals surface area contributed by atoms with Crippen molar-refractivity contribution in [2.75, 3.05) is 0 Å². The Morgan fingerprint density at radius 2 is 1.78 bits per heavy atom. The van der Waals surface area contributed by atoms with Gasteiger partial charge in [-0.1, -0.05) is 54.8 Å². The Balaban J connectivity index is 1.75. The fourth-order valence-corrected chi connectivity index (χ4v) is 4.34. The van der Waals surface area contributed by atoms with Gasteiger partial charge in [-0.2, -0.15) is 5.10 Å². The van der Waals surface area contributed by atoms with Crippen molar-refractivity contribution >= 4 is 17.4 Å². The smallest absolute Gasteiger partial charge is 0.123 e. The Bertz CT molecular complexity index is 1190. The van der Waals surface area contributed by atoms with E-state index in [1.807, 2.05) is 10.9 Å². The molecule has 0 radical (unpaired) electrons. The Labute approximate surface area is 190 Å². The zero-order chi connectivity index (χ0) is 22.7. The number of hydrogen-bond acceptors (Lipinski definition) is 2. The molecule has 0 bridgehead atoms. The third-order valence-electron chi connectivity index (χ3n) is 5.91. The molecular formula is C28H30FN3. The summed E-state index contributed by atoms with van der Waals surface area (Å²) in [5, 5.41) is 4.67. The van der Waals surface area contributed by atoms with E-state index in [0.717, 1.165) is 47.5 Å². The Morgan fingerprint density at radius 3 is 2.44 bits per heavy atom. The summed E-state index contributed by atoms with van der Waals surface area (Å²) in [6.45, 7) is 9.26. The normalized spacial score (nSPS) is 14.0. The maximum Gasteiger partial charge on any atom is 0.123 e. The van der Waals surface area contributed by atoms with Gasteiger partial charge >= 0.3 is 0 Å². The van der Waals surface area contributed by atoms with Gasteiger partial charge in [0.05, 0.1) is 24.1 Å². The maximum absolute atomic E-state index is 13.5. The molecule has 3 aromatic rings. The summed E-state index contributed by atoms with van der Waals surface area (Å²) >= 11 is 0. The zero-order valence-electron chi connectivity index (χ0n) is 19.3. The molecule has 0 aliphatic heterocycles. The van der Waals surface area contributed by atoms with Gasteiger partial charge in [-0.3, -0.25) is 4.99 Å². The van der Waals surface area contributed by atoms with Crippen LogP contribution in [0, 0.1) is 19.7 Å². The van der Waals surface area contributed by atoms with Crippen LogP contribution < -0.4 is 0 Å². The lowest BCUT2D eigenvalue weighted by atomic mass is 9.99. The number of rotatable bonds is 6. The molecular weight excluding hydrogens is 397 g/mol. The van der Waals surface area contributed by atoms with Gasteiger partial charge in [-0.25, -0.2) is 9.07 Å². The fraction of sp³-hybridized carbons (Fsp3) is 0.286. The van der Waals surface area contributed by atoms with Crippen molar-refractivity contribution < 1.29 is 4.39 Å². The summed E-state index contributed by atoms with van der Waals surface area (Å²) in [4.78, 5) is 5.04. The monoisotopic (exact) mass is 427 g/mol. The molecule has 1 aliphatic rings. The lowest BCUT2D eigenvalue weighted by molar-refractivity contribution is 0.627. The second-order valence-corrected chi connectivity index (χ2v) is 8.42. The maximum atomic E-state index is 13.5. The molecule has 0 unspecified atom stereocenters. The summed E-state index contributed by atoms with van der Waals surface area (Å²) in [5.74, 6) is -0.246. The minimum atomic E-state index is -0.246. The fourth-order valence-electron chi connectivity index (χ4n) is 4.34. The van der Waals surface area contributed by atoms with E-state index in [1.165, 1.54) is 34.4 Å². The Kier molecular flexibility index (Phi) is 6.50. The minimum Gasteiger partial charge on any atom is -0.284 e. The van der Waals surface area contributed by atoms with Crippen LogP contribution in [0.4, 0.5) is 4.39 Å². The second-order valence-electron chi connectivity index (χ2n) is 8.42. The summed E-state index contributed by atoms with van der Waals surface area (Å²) in [7, 11) is 0. The van der Waals surface area contributed by atoms with Gasteiger partial charge in [-0.15, -0.1) is 0 Å². The first-order chi connectivity index (χ1) is 15.5. The average Bonchev–Trinajstić information content (AvgIpc) is 3.09. The molecule has 0 saturated heterocycles. The molecule has 1 heterocycles. The molecule has 1 aliphatic carbocycles. The molecule has 1 aromatic heterocycles. The van der Waals surface area contributed by atoms with E-state index in [-0.39, 0.29) is 5.82 Å². The van der Waals surface area contributed by atoms with Crippen LogP contribution in [0.2, 0.25) is 0 Å². The van der Waals surface area contributed by atoms with E-state index in [1.54, 1.807) is 12.1 Å². The molecule has 0 amide bonds. The van der Waals surface area contributed by atoms with Gasteiger partial charge in [0.15, 0.2) is 0 Å². The molecule has 0 fully saturated rings. The standard InChI is InChI=1S/C28H30FN3/c1-5-21-7-12-25(27(6-2)30-17-22-14-19(3)13-20(4)15-22)26-18-31-32(28(26)16-21)24-10-8-23(29)9-11-24/h8-16,18H,5-7,17H2,1-4H3. The number of halogens is 1. The summed E-state index contributed by atoms with van der Waals surface area (Å²) in [6.07, 6.45) is 9.15. The molecule has 4 rings (SSSR count). The van der Waals surface area contributed by atoms with E-state index in [4.69, 9.17) is 4.99 Å². The Hall–Kier alpha value is -3.27. The molecule has 164 valence electrons. The molecule has 32 heavy (non-hydrogen) atoms. The van der Waals surface area contributed by atoms with E-state index in [2.05, 4.69) is 63.1 Å². The minimum absolute atomic E-state index is 0.246. The molecule has 0 N–H and O–H groups in total. The quantitative estimate of drug-likeness (QED) is 0.381. The third kappa shape index (κ3) is 4.64. The van der Waals surface area contributed by atoms with Gasteiger partial charge in [0, 0.05) is 16.8 Å². The SMILES string of the molecule is CCC1=Cc2c(cnn2-c2ccc(F)cc2)C(C(CC)=NCc2cc(C)cc(C)c2)=CC1. The predicted molar refractivity (Wildman–Crippen MR) is 132 cm³/mol. The van der Waals surface area contributed by atoms with E-state index in [9.17, 15) is 4.39 Å². The van der Waals surface area contributed by atoms with Crippen LogP contribution in [0.25, 0.3) is 17.3 Å². The molecule has 0 saturated carbocycles. The third-order valence-corrected chi connectivity index (χ3v) is 5.91. The van der Waals surface area contributed by atoms with Crippen molar-refractivity contribution in [1.82, 2.24) is 9.78 Å². The summed E-state index contributed by atoms with van der Waals surface area (Å²) in [5.41, 5.74) is 10.3. The summed E-state index contributed by atoms with van der Waals surface area (Å²) < 4.78 is 15.4. The van der Waals surface area contributed by atoms with Gasteiger partial charge in [0.1, 0.15) is 5.82 Å². The Morgan fingerprint density at radius 1 is 1.06 bits per heavy atom. The van der Waals surface area contributed by atoms with E-state index >= 15 is 0 Å². The molecule has 0 spiro atoms. The van der Waals surface area contributed by atoms with Gasteiger partial charge < -0.3 is 0 Å². The highest BCUT2D eigenvalue weighted by Crippen LogP contribution is 2.32. The first kappa shape index (κ1) is 21.9. The molecule has 2 aromatic carbocycles. The average molecular weight is 428 g/mol. The van der Waals surface area contributed by atoms with Crippen LogP contribution in [-0.2, 0) is 6.54 Å². The van der Waals surface area contributed by atoms with Crippen LogP contribution in [0.1, 0.15) is 61.1 Å². The van der Waals surface area contributed by atoms with Crippen LogP contribution in [-0.4, -0.2) is 15.5 Å².